The number of benzene rings is 2. The van der Waals surface area contributed by atoms with Gasteiger partial charge in [-0.3, -0.25) is 5.41 Å². The lowest BCUT2D eigenvalue weighted by Crippen LogP contribution is -2.47. The van der Waals surface area contributed by atoms with Crippen LogP contribution in [0.15, 0.2) is 48.5 Å². The number of likely N-dealkylation sites (tertiary alicyclic amines) is 1. The van der Waals surface area contributed by atoms with Crippen molar-refractivity contribution in [3.63, 3.8) is 0 Å². The first-order chi connectivity index (χ1) is 15.7. The van der Waals surface area contributed by atoms with E-state index in [0.29, 0.717) is 36.3 Å². The first-order valence-electron chi connectivity index (χ1n) is 11.1. The highest BCUT2D eigenvalue weighted by atomic mass is 19.4. The summed E-state index contributed by atoms with van der Waals surface area (Å²) >= 11 is 0. The lowest BCUT2D eigenvalue weighted by atomic mass is 9.99. The predicted octanol–water partition coefficient (Wildman–Crippen LogP) is 4.99. The van der Waals surface area contributed by atoms with Crippen molar-refractivity contribution in [3.8, 4) is 11.5 Å². The third kappa shape index (κ3) is 7.56. The summed E-state index contributed by atoms with van der Waals surface area (Å²) in [7, 11) is 0. The molecule has 0 radical (unpaired) electrons. The average molecular weight is 465 g/mol. The molecule has 1 heterocycles. The number of alkyl halides is 3. The molecule has 6 nitrogen and oxygen atoms in total. The number of halogens is 3. The Hall–Kier alpha value is -2.94. The molecule has 3 rings (SSSR count). The number of nitrogens with one attached hydrogen (secondary N) is 1. The van der Waals surface area contributed by atoms with Crippen LogP contribution in [0, 0.1) is 11.3 Å². The number of rotatable bonds is 8. The lowest BCUT2D eigenvalue weighted by molar-refractivity contribution is -0.274. The van der Waals surface area contributed by atoms with E-state index in [1.54, 1.807) is 18.2 Å². The first kappa shape index (κ1) is 24.7. The van der Waals surface area contributed by atoms with Crippen LogP contribution < -0.4 is 20.1 Å². The van der Waals surface area contributed by atoms with Crippen LogP contribution in [-0.2, 0) is 6.61 Å². The molecule has 33 heavy (non-hydrogen) atoms. The van der Waals surface area contributed by atoms with Gasteiger partial charge in [-0.25, -0.2) is 0 Å². The fourth-order valence-corrected chi connectivity index (χ4v) is 3.72. The fourth-order valence-electron chi connectivity index (χ4n) is 3.72. The Morgan fingerprint density at radius 2 is 1.82 bits per heavy atom. The van der Waals surface area contributed by atoms with Gasteiger partial charge in [-0.2, -0.15) is 0 Å². The Bertz CT molecular complexity index is 897. The van der Waals surface area contributed by atoms with Crippen LogP contribution in [0.1, 0.15) is 31.7 Å². The van der Waals surface area contributed by atoms with Crippen LogP contribution in [0.2, 0.25) is 0 Å². The monoisotopic (exact) mass is 464 g/mol. The minimum Gasteiger partial charge on any atom is -0.489 e. The summed E-state index contributed by atoms with van der Waals surface area (Å²) in [6.07, 6.45) is -1.81. The van der Waals surface area contributed by atoms with Crippen molar-refractivity contribution in [2.24, 2.45) is 11.7 Å². The molecule has 0 unspecified atom stereocenters. The number of nitrogens with zero attached hydrogens (tertiary/aromatic N) is 2. The zero-order valence-electron chi connectivity index (χ0n) is 18.8. The smallest absolute Gasteiger partial charge is 0.489 e. The van der Waals surface area contributed by atoms with Crippen molar-refractivity contribution in [1.29, 1.82) is 5.41 Å². The van der Waals surface area contributed by atoms with Crippen LogP contribution in [0.4, 0.5) is 18.9 Å². The standard InChI is InChI=1S/C24H31F3N4O2/c1-18-10-14-30(15-11-18)23(29)31(13-3-12-28)20-6-8-21(9-7-20)32-17-19-4-2-5-22(16-19)33-24(25,26)27/h2,4-9,16,18,29H,3,10-15,17,28H2,1H3. The molecule has 0 aromatic heterocycles. The fraction of sp³-hybridized carbons (Fsp3) is 0.458. The highest BCUT2D eigenvalue weighted by Crippen LogP contribution is 2.26. The van der Waals surface area contributed by atoms with Crippen LogP contribution in [-0.4, -0.2) is 43.4 Å². The molecule has 0 spiro atoms. The van der Waals surface area contributed by atoms with E-state index >= 15 is 0 Å². The number of guanidine groups is 1. The van der Waals surface area contributed by atoms with E-state index in [4.69, 9.17) is 15.9 Å². The van der Waals surface area contributed by atoms with Gasteiger partial charge in [0.05, 0.1) is 0 Å². The average Bonchev–Trinajstić information content (AvgIpc) is 2.78. The van der Waals surface area contributed by atoms with Crippen LogP contribution in [0.5, 0.6) is 11.5 Å². The van der Waals surface area contributed by atoms with Crippen molar-refractivity contribution >= 4 is 11.6 Å². The third-order valence-electron chi connectivity index (χ3n) is 5.61. The summed E-state index contributed by atoms with van der Waals surface area (Å²) in [6.45, 7) is 5.28. The molecule has 1 aliphatic heterocycles. The maximum Gasteiger partial charge on any atom is 0.573 e. The largest absolute Gasteiger partial charge is 0.573 e. The molecule has 0 aliphatic carbocycles. The molecular weight excluding hydrogens is 433 g/mol. The third-order valence-corrected chi connectivity index (χ3v) is 5.61. The second-order valence-electron chi connectivity index (χ2n) is 8.26. The summed E-state index contributed by atoms with van der Waals surface area (Å²) in [6, 6.07) is 13.1. The van der Waals surface area contributed by atoms with Crippen LogP contribution in [0.25, 0.3) is 0 Å². The Balaban J connectivity index is 1.63. The van der Waals surface area contributed by atoms with Crippen molar-refractivity contribution in [2.75, 3.05) is 31.1 Å². The van der Waals surface area contributed by atoms with Crippen LogP contribution >= 0.6 is 0 Å². The molecule has 2 aromatic rings. The Kier molecular flexibility index (Phi) is 8.43. The quantitative estimate of drug-likeness (QED) is 0.426. The van der Waals surface area contributed by atoms with Gasteiger partial charge >= 0.3 is 6.36 Å². The van der Waals surface area contributed by atoms with E-state index in [1.165, 1.54) is 18.2 Å². The molecule has 0 atom stereocenters. The summed E-state index contributed by atoms with van der Waals surface area (Å²) in [5, 5.41) is 8.74. The normalized spacial score (nSPS) is 14.8. The van der Waals surface area contributed by atoms with E-state index in [0.717, 1.165) is 38.0 Å². The molecule has 1 saturated heterocycles. The summed E-state index contributed by atoms with van der Waals surface area (Å²) in [5.41, 5.74) is 7.15. The SMILES string of the molecule is CC1CCN(C(=N)N(CCCN)c2ccc(OCc3cccc(OC(F)(F)F)c3)cc2)CC1. The maximum absolute atomic E-state index is 12.4. The number of piperidine rings is 1. The van der Waals surface area contributed by atoms with Crippen molar-refractivity contribution in [1.82, 2.24) is 4.90 Å². The van der Waals surface area contributed by atoms with Gasteiger partial charge in [0.1, 0.15) is 18.1 Å². The number of hydrogen-bond acceptors (Lipinski definition) is 4. The van der Waals surface area contributed by atoms with Gasteiger partial charge in [-0.15, -0.1) is 13.2 Å². The lowest BCUT2D eigenvalue weighted by Gasteiger charge is -2.37. The molecule has 0 bridgehead atoms. The minimum absolute atomic E-state index is 0.104. The van der Waals surface area contributed by atoms with E-state index in [1.807, 2.05) is 17.0 Å². The highest BCUT2D eigenvalue weighted by molar-refractivity contribution is 5.93. The molecule has 180 valence electrons. The van der Waals surface area contributed by atoms with Crippen LogP contribution in [0.3, 0.4) is 0 Å². The van der Waals surface area contributed by atoms with E-state index in [-0.39, 0.29) is 12.4 Å². The highest BCUT2D eigenvalue weighted by Gasteiger charge is 2.31. The van der Waals surface area contributed by atoms with Crippen molar-refractivity contribution in [3.05, 3.63) is 54.1 Å². The van der Waals surface area contributed by atoms with Gasteiger partial charge in [0.2, 0.25) is 0 Å². The first-order valence-corrected chi connectivity index (χ1v) is 11.1. The predicted molar refractivity (Wildman–Crippen MR) is 123 cm³/mol. The van der Waals surface area contributed by atoms with Crippen molar-refractivity contribution in [2.45, 2.75) is 39.2 Å². The molecular formula is C24H31F3N4O2. The van der Waals surface area contributed by atoms with Gasteiger partial charge in [-0.05, 0) is 73.7 Å². The molecule has 9 heteroatoms. The Morgan fingerprint density at radius 3 is 2.45 bits per heavy atom. The number of nitrogens with two attached hydrogens (primary N) is 1. The summed E-state index contributed by atoms with van der Waals surface area (Å²) in [4.78, 5) is 4.07. The topological polar surface area (TPSA) is 74.8 Å². The van der Waals surface area contributed by atoms with Gasteiger partial charge in [0.25, 0.3) is 0 Å². The van der Waals surface area contributed by atoms with Gasteiger partial charge < -0.3 is 25.0 Å². The van der Waals surface area contributed by atoms with Gasteiger partial charge in [0.15, 0.2) is 5.96 Å². The van der Waals surface area contributed by atoms with Gasteiger partial charge in [-0.1, -0.05) is 19.1 Å². The second kappa shape index (κ2) is 11.3. The van der Waals surface area contributed by atoms with E-state index in [9.17, 15) is 13.2 Å². The molecule has 0 amide bonds. The Morgan fingerprint density at radius 1 is 1.12 bits per heavy atom. The van der Waals surface area contributed by atoms with Crippen molar-refractivity contribution < 1.29 is 22.6 Å². The summed E-state index contributed by atoms with van der Waals surface area (Å²) < 4.78 is 46.9. The Labute approximate surface area is 192 Å². The van der Waals surface area contributed by atoms with Gasteiger partial charge in [0, 0.05) is 25.3 Å². The number of ether oxygens (including phenoxy) is 2. The minimum atomic E-state index is -4.73. The molecule has 1 fully saturated rings. The van der Waals surface area contributed by atoms with E-state index < -0.39 is 6.36 Å². The van der Waals surface area contributed by atoms with E-state index in [2.05, 4.69) is 16.6 Å². The number of anilines is 1. The maximum atomic E-state index is 12.4. The zero-order valence-corrected chi connectivity index (χ0v) is 18.8. The molecule has 0 saturated carbocycles. The molecule has 1 aliphatic rings. The summed E-state index contributed by atoms with van der Waals surface area (Å²) in [5.74, 6) is 1.47. The molecule has 2 aromatic carbocycles. The zero-order chi connectivity index (χ0) is 23.8. The second-order valence-corrected chi connectivity index (χ2v) is 8.26. The molecule has 3 N–H and O–H groups in total. The number of hydrogen-bond donors (Lipinski definition) is 2.